The van der Waals surface area contributed by atoms with Gasteiger partial charge in [-0.2, -0.15) is 0 Å². The number of methoxy groups -OCH3 is 3. The lowest BCUT2D eigenvalue weighted by atomic mass is 9.80. The highest BCUT2D eigenvalue weighted by Crippen LogP contribution is 2.55. The monoisotopic (exact) mass is 352 g/mol. The maximum atomic E-state index is 13.2. The van der Waals surface area contributed by atoms with Crippen molar-refractivity contribution in [1.29, 1.82) is 0 Å². The number of rotatable bonds is 3. The third kappa shape index (κ3) is 2.03. The van der Waals surface area contributed by atoms with Gasteiger partial charge in [-0.1, -0.05) is 18.2 Å². The van der Waals surface area contributed by atoms with Crippen LogP contribution in [0.5, 0.6) is 17.2 Å². The van der Waals surface area contributed by atoms with Crippen LogP contribution in [0.4, 0.5) is 0 Å². The van der Waals surface area contributed by atoms with Gasteiger partial charge < -0.3 is 14.2 Å². The molecule has 0 aromatic heterocycles. The summed E-state index contributed by atoms with van der Waals surface area (Å²) >= 11 is 0. The maximum absolute atomic E-state index is 13.2. The fraction of sp³-hybridized carbons (Fsp3) is 0.333. The van der Waals surface area contributed by atoms with Gasteiger partial charge in [-0.3, -0.25) is 9.59 Å². The molecule has 2 atom stereocenters. The molecule has 0 N–H and O–H groups in total. The topological polar surface area (TPSA) is 61.8 Å². The Morgan fingerprint density at radius 2 is 1.73 bits per heavy atom. The average molecular weight is 352 g/mol. The number of Topliss-reactive ketones (excluding diaryl/α,β-unsaturated/α-hetero) is 2. The Kier molecular flexibility index (Phi) is 3.75. The van der Waals surface area contributed by atoms with E-state index < -0.39 is 0 Å². The van der Waals surface area contributed by atoms with E-state index in [1.807, 2.05) is 18.2 Å². The minimum Gasteiger partial charge on any atom is -0.496 e. The highest BCUT2D eigenvalue weighted by atomic mass is 16.5. The first kappa shape index (κ1) is 16.6. The Morgan fingerprint density at radius 3 is 2.38 bits per heavy atom. The molecule has 26 heavy (non-hydrogen) atoms. The SMILES string of the molecule is COc1c2c(c(OC)c3c(OC)cccc13)C(=O)[C@@H]1C=C(C)C(=O)C[C@H]21. The zero-order chi connectivity index (χ0) is 18.6. The first-order valence-electron chi connectivity index (χ1n) is 8.53. The third-order valence-electron chi connectivity index (χ3n) is 5.50. The predicted molar refractivity (Wildman–Crippen MR) is 97.5 cm³/mol. The van der Waals surface area contributed by atoms with E-state index >= 15 is 0 Å². The van der Waals surface area contributed by atoms with Crippen LogP contribution in [0.1, 0.15) is 35.2 Å². The first-order chi connectivity index (χ1) is 12.5. The van der Waals surface area contributed by atoms with Crippen LogP contribution in [0.15, 0.2) is 29.8 Å². The van der Waals surface area contributed by atoms with Crippen LogP contribution in [0.2, 0.25) is 0 Å². The van der Waals surface area contributed by atoms with Crippen molar-refractivity contribution in [1.82, 2.24) is 0 Å². The molecule has 0 fully saturated rings. The molecule has 2 aromatic carbocycles. The molecule has 0 saturated heterocycles. The van der Waals surface area contributed by atoms with Crippen LogP contribution in [0, 0.1) is 5.92 Å². The molecule has 5 heteroatoms. The summed E-state index contributed by atoms with van der Waals surface area (Å²) in [6.07, 6.45) is 2.10. The van der Waals surface area contributed by atoms with Crippen LogP contribution >= 0.6 is 0 Å². The Morgan fingerprint density at radius 1 is 1.00 bits per heavy atom. The number of hydrogen-bond donors (Lipinski definition) is 0. The van der Waals surface area contributed by atoms with E-state index in [1.165, 1.54) is 0 Å². The molecule has 0 amide bonds. The Labute approximate surface area is 151 Å². The molecule has 0 bridgehead atoms. The molecule has 2 aliphatic carbocycles. The molecule has 0 aliphatic heterocycles. The van der Waals surface area contributed by atoms with Gasteiger partial charge in [0.05, 0.1) is 32.3 Å². The van der Waals surface area contributed by atoms with E-state index in [4.69, 9.17) is 14.2 Å². The van der Waals surface area contributed by atoms with Crippen molar-refractivity contribution < 1.29 is 23.8 Å². The Hall–Kier alpha value is -2.82. The van der Waals surface area contributed by atoms with Crippen LogP contribution < -0.4 is 14.2 Å². The van der Waals surface area contributed by atoms with E-state index in [1.54, 1.807) is 34.3 Å². The summed E-state index contributed by atoms with van der Waals surface area (Å²) in [6.45, 7) is 1.77. The zero-order valence-electron chi connectivity index (χ0n) is 15.2. The van der Waals surface area contributed by atoms with Crippen molar-refractivity contribution in [3.05, 3.63) is 41.0 Å². The number of carbonyl (C=O) groups is 2. The van der Waals surface area contributed by atoms with Gasteiger partial charge in [-0.05, 0) is 18.6 Å². The minimum absolute atomic E-state index is 0.0280. The van der Waals surface area contributed by atoms with Gasteiger partial charge in [-0.25, -0.2) is 0 Å². The van der Waals surface area contributed by atoms with Gasteiger partial charge in [0.15, 0.2) is 11.6 Å². The van der Waals surface area contributed by atoms with Crippen LogP contribution in [-0.4, -0.2) is 32.9 Å². The van der Waals surface area contributed by atoms with E-state index in [-0.39, 0.29) is 23.4 Å². The molecule has 0 saturated carbocycles. The predicted octanol–water partition coefficient (Wildman–Crippen LogP) is 3.68. The van der Waals surface area contributed by atoms with Crippen LogP contribution in [-0.2, 0) is 4.79 Å². The largest absolute Gasteiger partial charge is 0.496 e. The fourth-order valence-electron chi connectivity index (χ4n) is 4.33. The lowest BCUT2D eigenvalue weighted by Gasteiger charge is -2.23. The quantitative estimate of drug-likeness (QED) is 0.843. The van der Waals surface area contributed by atoms with Crippen molar-refractivity contribution in [3.8, 4) is 17.2 Å². The molecule has 2 aromatic rings. The number of hydrogen-bond acceptors (Lipinski definition) is 5. The molecule has 4 rings (SSSR count). The summed E-state index contributed by atoms with van der Waals surface area (Å²) in [5.41, 5.74) is 1.93. The number of carbonyl (C=O) groups excluding carboxylic acids is 2. The molecule has 0 unspecified atom stereocenters. The highest BCUT2D eigenvalue weighted by Gasteiger charge is 2.47. The minimum atomic E-state index is -0.353. The van der Waals surface area contributed by atoms with Gasteiger partial charge in [0.25, 0.3) is 0 Å². The van der Waals surface area contributed by atoms with Crippen molar-refractivity contribution in [2.75, 3.05) is 21.3 Å². The molecule has 0 heterocycles. The summed E-state index contributed by atoms with van der Waals surface area (Å²) in [6, 6.07) is 5.62. The fourth-order valence-corrected chi connectivity index (χ4v) is 4.33. The summed E-state index contributed by atoms with van der Waals surface area (Å²) in [5, 5.41) is 1.53. The van der Waals surface area contributed by atoms with Gasteiger partial charge in [-0.15, -0.1) is 0 Å². The molecule has 0 spiro atoms. The van der Waals surface area contributed by atoms with Gasteiger partial charge in [0.2, 0.25) is 0 Å². The number of benzene rings is 2. The normalized spacial score (nSPS) is 21.3. The summed E-state index contributed by atoms with van der Waals surface area (Å²) in [5.74, 6) is 1.20. The maximum Gasteiger partial charge on any atom is 0.174 e. The summed E-state index contributed by atoms with van der Waals surface area (Å²) < 4.78 is 16.9. The summed E-state index contributed by atoms with van der Waals surface area (Å²) in [4.78, 5) is 25.5. The lowest BCUT2D eigenvalue weighted by molar-refractivity contribution is -0.116. The smallest absolute Gasteiger partial charge is 0.174 e. The van der Waals surface area contributed by atoms with E-state index in [9.17, 15) is 9.59 Å². The molecular weight excluding hydrogens is 332 g/mol. The average Bonchev–Trinajstić information content (AvgIpc) is 2.92. The van der Waals surface area contributed by atoms with Crippen LogP contribution in [0.3, 0.4) is 0 Å². The Bertz CT molecular complexity index is 986. The third-order valence-corrected chi connectivity index (χ3v) is 5.50. The Balaban J connectivity index is 2.14. The van der Waals surface area contributed by atoms with Crippen molar-refractivity contribution in [2.45, 2.75) is 19.3 Å². The standard InChI is InChI=1S/C21H20O5/c1-10-8-13-12(9-14(10)22)17-18(19(13)23)21(26-4)16-11(20(17)25-3)6-5-7-15(16)24-2/h5-8,12-13H,9H2,1-4H3/t12-,13+/m0/s1. The number of ether oxygens (including phenoxy) is 3. The second-order valence-electron chi connectivity index (χ2n) is 6.71. The van der Waals surface area contributed by atoms with E-state index in [0.717, 1.165) is 10.9 Å². The molecular formula is C21H20O5. The highest BCUT2D eigenvalue weighted by molar-refractivity contribution is 6.16. The summed E-state index contributed by atoms with van der Waals surface area (Å²) in [7, 11) is 4.72. The lowest BCUT2D eigenvalue weighted by Crippen LogP contribution is -2.21. The van der Waals surface area contributed by atoms with Gasteiger partial charge in [0.1, 0.15) is 17.2 Å². The second-order valence-corrected chi connectivity index (χ2v) is 6.71. The zero-order valence-corrected chi connectivity index (χ0v) is 15.2. The number of allylic oxidation sites excluding steroid dienone is 2. The van der Waals surface area contributed by atoms with Gasteiger partial charge >= 0.3 is 0 Å². The second kappa shape index (κ2) is 5.87. The van der Waals surface area contributed by atoms with Crippen molar-refractivity contribution in [3.63, 3.8) is 0 Å². The molecule has 5 nitrogen and oxygen atoms in total. The van der Waals surface area contributed by atoms with Gasteiger partial charge in [0, 0.05) is 29.2 Å². The number of fused-ring (bicyclic) bond motifs is 4. The molecule has 134 valence electrons. The van der Waals surface area contributed by atoms with E-state index in [0.29, 0.717) is 40.2 Å². The van der Waals surface area contributed by atoms with Crippen molar-refractivity contribution in [2.24, 2.45) is 5.92 Å². The van der Waals surface area contributed by atoms with Crippen molar-refractivity contribution >= 4 is 22.3 Å². The number of ketones is 2. The van der Waals surface area contributed by atoms with Crippen LogP contribution in [0.25, 0.3) is 10.8 Å². The molecule has 0 radical (unpaired) electrons. The first-order valence-corrected chi connectivity index (χ1v) is 8.53. The molecule has 2 aliphatic rings. The van der Waals surface area contributed by atoms with E-state index in [2.05, 4.69) is 0 Å².